The van der Waals surface area contributed by atoms with Gasteiger partial charge in [-0.1, -0.05) is 11.6 Å². The minimum Gasteiger partial charge on any atom is -0.495 e. The number of aromatic nitrogens is 2. The highest BCUT2D eigenvalue weighted by Gasteiger charge is 2.14. The number of methoxy groups -OCH3 is 1. The molecule has 0 aliphatic heterocycles. The van der Waals surface area contributed by atoms with Gasteiger partial charge in [-0.3, -0.25) is 4.79 Å². The molecule has 0 aliphatic rings. The molecule has 0 saturated carbocycles. The van der Waals surface area contributed by atoms with Gasteiger partial charge in [0.25, 0.3) is 5.91 Å². The van der Waals surface area contributed by atoms with Gasteiger partial charge >= 0.3 is 0 Å². The third-order valence-corrected chi connectivity index (χ3v) is 5.25. The minimum absolute atomic E-state index is 0.195. The van der Waals surface area contributed by atoms with E-state index in [0.717, 1.165) is 22.5 Å². The summed E-state index contributed by atoms with van der Waals surface area (Å²) < 4.78 is 5.32. The van der Waals surface area contributed by atoms with E-state index in [2.05, 4.69) is 25.9 Å². The van der Waals surface area contributed by atoms with Crippen LogP contribution in [0.25, 0.3) is 0 Å². The summed E-state index contributed by atoms with van der Waals surface area (Å²) in [7, 11) is 3.11. The van der Waals surface area contributed by atoms with Crippen molar-refractivity contribution in [2.45, 2.75) is 19.8 Å². The number of hydrogen-bond donors (Lipinski definition) is 4. The second-order valence-corrected chi connectivity index (χ2v) is 7.76. The number of rotatable bonds is 9. The predicted molar refractivity (Wildman–Crippen MR) is 132 cm³/mol. The summed E-state index contributed by atoms with van der Waals surface area (Å²) in [6, 6.07) is 11.1. The Balaban J connectivity index is 1.63. The van der Waals surface area contributed by atoms with E-state index < -0.39 is 0 Å². The number of nitrogens with zero attached hydrogens (tertiary/aromatic N) is 2. The van der Waals surface area contributed by atoms with Gasteiger partial charge < -0.3 is 26.4 Å². The van der Waals surface area contributed by atoms with Gasteiger partial charge in [0.05, 0.1) is 12.1 Å². The van der Waals surface area contributed by atoms with Crippen LogP contribution < -0.4 is 26.4 Å². The molecule has 0 aliphatic carbocycles. The number of halogens is 1. The maximum atomic E-state index is 12.0. The Morgan fingerprint density at radius 3 is 2.39 bits per heavy atom. The average Bonchev–Trinajstić information content (AvgIpc) is 2.83. The number of carbonyl (C=O) groups excluding carboxylic acids is 1. The number of nitrogens with one attached hydrogen (secondary N) is 3. The van der Waals surface area contributed by atoms with E-state index in [-0.39, 0.29) is 5.91 Å². The Morgan fingerprint density at radius 1 is 1.12 bits per heavy atom. The number of nitrogens with two attached hydrogens (primary N) is 1. The highest BCUT2D eigenvalue weighted by molar-refractivity contribution is 6.33. The molecule has 1 heterocycles. The lowest BCUT2D eigenvalue weighted by Gasteiger charge is -2.12. The molecule has 2 aromatic carbocycles. The lowest BCUT2D eigenvalue weighted by molar-refractivity contribution is 0.0962. The van der Waals surface area contributed by atoms with Gasteiger partial charge in [0, 0.05) is 48.3 Å². The first-order valence-electron chi connectivity index (χ1n) is 10.3. The fourth-order valence-electron chi connectivity index (χ4n) is 3.06. The summed E-state index contributed by atoms with van der Waals surface area (Å²) >= 11 is 6.44. The molecule has 0 fully saturated rings. The summed E-state index contributed by atoms with van der Waals surface area (Å²) in [5, 5.41) is 9.40. The predicted octanol–water partition coefficient (Wildman–Crippen LogP) is 4.26. The zero-order chi connectivity index (χ0) is 23.8. The summed E-state index contributed by atoms with van der Waals surface area (Å²) in [6.07, 6.45) is 6.56. The van der Waals surface area contributed by atoms with Gasteiger partial charge in [-0.25, -0.2) is 9.97 Å². The molecule has 1 aromatic heterocycles. The first-order valence-corrected chi connectivity index (χ1v) is 10.7. The van der Waals surface area contributed by atoms with Crippen molar-refractivity contribution >= 4 is 34.8 Å². The molecule has 0 radical (unpaired) electrons. The molecule has 0 atom stereocenters. The van der Waals surface area contributed by atoms with Crippen LogP contribution in [-0.2, 0) is 12.8 Å². The summed E-state index contributed by atoms with van der Waals surface area (Å²) in [4.78, 5) is 20.8. The van der Waals surface area contributed by atoms with Crippen molar-refractivity contribution in [2.24, 2.45) is 5.73 Å². The fourth-order valence-corrected chi connectivity index (χ4v) is 3.35. The number of ether oxygens (including phenoxy) is 1. The van der Waals surface area contributed by atoms with Crippen LogP contribution in [0.5, 0.6) is 5.75 Å². The van der Waals surface area contributed by atoms with E-state index in [1.807, 2.05) is 31.2 Å². The number of benzene rings is 2. The monoisotopic (exact) mass is 466 g/mol. The Bertz CT molecular complexity index is 1130. The third-order valence-electron chi connectivity index (χ3n) is 4.82. The smallest absolute Gasteiger partial charge is 0.251 e. The van der Waals surface area contributed by atoms with Gasteiger partial charge in [0.15, 0.2) is 0 Å². The molecule has 172 valence electrons. The van der Waals surface area contributed by atoms with Crippen molar-refractivity contribution in [3.05, 3.63) is 82.4 Å². The van der Waals surface area contributed by atoms with Gasteiger partial charge in [-0.15, -0.1) is 0 Å². The highest BCUT2D eigenvalue weighted by Crippen LogP contribution is 2.31. The first-order chi connectivity index (χ1) is 15.9. The largest absolute Gasteiger partial charge is 0.495 e. The van der Waals surface area contributed by atoms with Crippen LogP contribution >= 0.6 is 11.6 Å². The van der Waals surface area contributed by atoms with Gasteiger partial charge in [0.2, 0.25) is 5.95 Å². The Morgan fingerprint density at radius 2 is 1.79 bits per heavy atom. The molecule has 0 saturated heterocycles. The summed E-state index contributed by atoms with van der Waals surface area (Å²) in [5.41, 5.74) is 10.4. The number of anilines is 3. The molecule has 5 N–H and O–H groups in total. The first kappa shape index (κ1) is 23.9. The zero-order valence-corrected chi connectivity index (χ0v) is 19.5. The molecule has 0 bridgehead atoms. The number of carbonyl (C=O) groups is 1. The fraction of sp³-hybridized carbons (Fsp3) is 0.208. The quantitative estimate of drug-likeness (QED) is 0.372. The van der Waals surface area contributed by atoms with Crippen molar-refractivity contribution in [3.8, 4) is 5.75 Å². The number of aryl methyl sites for hydroxylation is 2. The van der Waals surface area contributed by atoms with Crippen molar-refractivity contribution in [1.29, 1.82) is 0 Å². The molecule has 3 aromatic rings. The zero-order valence-electron chi connectivity index (χ0n) is 18.8. The second-order valence-electron chi connectivity index (χ2n) is 7.38. The van der Waals surface area contributed by atoms with Crippen LogP contribution in [0.4, 0.5) is 17.3 Å². The van der Waals surface area contributed by atoms with E-state index in [1.165, 1.54) is 7.11 Å². The second kappa shape index (κ2) is 11.2. The normalized spacial score (nSPS) is 11.1. The summed E-state index contributed by atoms with van der Waals surface area (Å²) in [6.45, 7) is 1.82. The molecular formula is C24H27ClN6O2. The van der Waals surface area contributed by atoms with E-state index in [1.54, 1.807) is 37.8 Å². The molecular weight excluding hydrogens is 440 g/mol. The minimum atomic E-state index is -0.195. The van der Waals surface area contributed by atoms with Crippen molar-refractivity contribution < 1.29 is 9.53 Å². The summed E-state index contributed by atoms with van der Waals surface area (Å²) in [5.74, 6) is 0.775. The maximum Gasteiger partial charge on any atom is 0.251 e. The van der Waals surface area contributed by atoms with Gasteiger partial charge in [0.1, 0.15) is 5.75 Å². The van der Waals surface area contributed by atoms with Gasteiger partial charge in [-0.2, -0.15) is 0 Å². The van der Waals surface area contributed by atoms with E-state index >= 15 is 0 Å². The number of allylic oxidation sites excluding steroid dienone is 1. The lowest BCUT2D eigenvalue weighted by Crippen LogP contribution is -2.18. The molecule has 33 heavy (non-hydrogen) atoms. The van der Waals surface area contributed by atoms with Crippen LogP contribution in [-0.4, -0.2) is 30.0 Å². The molecule has 8 nitrogen and oxygen atoms in total. The number of hydrogen-bond acceptors (Lipinski definition) is 7. The highest BCUT2D eigenvalue weighted by atomic mass is 35.5. The molecule has 0 unspecified atom stereocenters. The van der Waals surface area contributed by atoms with E-state index in [4.69, 9.17) is 22.1 Å². The van der Waals surface area contributed by atoms with E-state index in [0.29, 0.717) is 40.8 Å². The maximum absolute atomic E-state index is 12.0. The van der Waals surface area contributed by atoms with E-state index in [9.17, 15) is 4.79 Å². The van der Waals surface area contributed by atoms with Crippen LogP contribution in [0, 0.1) is 0 Å². The Hall–Kier alpha value is -3.78. The molecule has 9 heteroatoms. The average molecular weight is 467 g/mol. The topological polar surface area (TPSA) is 114 Å². The van der Waals surface area contributed by atoms with Crippen molar-refractivity contribution in [2.75, 3.05) is 24.8 Å². The molecule has 0 spiro atoms. The SMILES string of the molecule is CNC(=O)c1cc(CCc2cnc(Nc3ccc(N/C=C(/C)N)cc3)nc2)c(Cl)c(OC)c1. The van der Waals surface area contributed by atoms with Crippen molar-refractivity contribution in [3.63, 3.8) is 0 Å². The standard InChI is InChI=1S/C24H27ClN6O2/c1-15(26)12-28-19-6-8-20(9-7-19)31-24-29-13-16(14-30-24)4-5-17-10-18(23(32)27-2)11-21(33-3)22(17)25/h6-14,28H,4-5,26H2,1-3H3,(H,27,32)(H,29,30,31)/b15-12-. The number of amides is 1. The van der Waals surface area contributed by atoms with Gasteiger partial charge in [-0.05, 0) is 67.3 Å². The Kier molecular flexibility index (Phi) is 8.10. The third kappa shape index (κ3) is 6.60. The van der Waals surface area contributed by atoms with Crippen LogP contribution in [0.15, 0.2) is 60.7 Å². The van der Waals surface area contributed by atoms with Crippen LogP contribution in [0.1, 0.15) is 28.4 Å². The molecule has 3 rings (SSSR count). The van der Waals surface area contributed by atoms with Crippen molar-refractivity contribution in [1.82, 2.24) is 15.3 Å². The lowest BCUT2D eigenvalue weighted by atomic mass is 10.0. The Labute approximate surface area is 198 Å². The van der Waals surface area contributed by atoms with Crippen LogP contribution in [0.2, 0.25) is 5.02 Å². The molecule has 1 amide bonds. The van der Waals surface area contributed by atoms with Crippen LogP contribution in [0.3, 0.4) is 0 Å².